The van der Waals surface area contributed by atoms with Gasteiger partial charge < -0.3 is 25.9 Å². The van der Waals surface area contributed by atoms with Crippen LogP contribution in [0.5, 0.6) is 0 Å². The first-order chi connectivity index (χ1) is 9.08. The zero-order valence-corrected chi connectivity index (χ0v) is 13.1. The third-order valence-electron chi connectivity index (χ3n) is 0.698. The van der Waals surface area contributed by atoms with Crippen molar-refractivity contribution in [1.82, 2.24) is 0 Å². The fourth-order valence-electron chi connectivity index (χ4n) is 0. The number of carboxylic acid groups (broad SMARTS) is 4. The second kappa shape index (κ2) is 31.1. The molecule has 0 aliphatic carbocycles. The summed E-state index contributed by atoms with van der Waals surface area (Å²) in [5, 5.41) is 30.4. The molecule has 0 aromatic carbocycles. The Balaban J connectivity index is -0.0000000376. The zero-order chi connectivity index (χ0) is 17.1. The summed E-state index contributed by atoms with van der Waals surface area (Å²) in [6.07, 6.45) is 3.33. The summed E-state index contributed by atoms with van der Waals surface area (Å²) < 4.78 is 0. The average molecular weight is 354 g/mol. The monoisotopic (exact) mass is 354 g/mol. The molecule has 9 nitrogen and oxygen atoms in total. The van der Waals surface area contributed by atoms with E-state index >= 15 is 0 Å². The van der Waals surface area contributed by atoms with Gasteiger partial charge in [-0.05, 0) is 0 Å². The van der Waals surface area contributed by atoms with Gasteiger partial charge in [0.25, 0.3) is 0 Å². The number of aliphatic carboxylic acids is 4. The SMILES string of the molecule is C=CC(=O)O.C=CC(=O)O.C=CC(=O)O.C=CC(=O)O.O.[Ti]. The van der Waals surface area contributed by atoms with Crippen LogP contribution in [-0.4, -0.2) is 49.8 Å². The summed E-state index contributed by atoms with van der Waals surface area (Å²) in [7, 11) is 0. The van der Waals surface area contributed by atoms with Crippen molar-refractivity contribution in [2.24, 2.45) is 0 Å². The molecule has 0 fully saturated rings. The molecule has 0 unspecified atom stereocenters. The van der Waals surface area contributed by atoms with E-state index in [1.807, 2.05) is 0 Å². The minimum Gasteiger partial charge on any atom is -0.478 e. The van der Waals surface area contributed by atoms with Gasteiger partial charge in [-0.1, -0.05) is 26.3 Å². The summed E-state index contributed by atoms with van der Waals surface area (Å²) >= 11 is 0. The molecule has 0 aliphatic heterocycles. The molecule has 0 spiro atoms. The van der Waals surface area contributed by atoms with Gasteiger partial charge in [-0.25, -0.2) is 19.2 Å². The van der Waals surface area contributed by atoms with Crippen LogP contribution < -0.4 is 0 Å². The molecule has 22 heavy (non-hydrogen) atoms. The molecule has 0 amide bonds. The molecule has 0 saturated heterocycles. The van der Waals surface area contributed by atoms with Crippen molar-refractivity contribution in [3.63, 3.8) is 0 Å². The van der Waals surface area contributed by atoms with Crippen LogP contribution in [0, 0.1) is 0 Å². The van der Waals surface area contributed by atoms with Crippen molar-refractivity contribution < 1.29 is 66.8 Å². The van der Waals surface area contributed by atoms with Crippen LogP contribution in [0.4, 0.5) is 0 Å². The second-order valence-corrected chi connectivity index (χ2v) is 2.17. The minimum absolute atomic E-state index is 0. The predicted molar refractivity (Wildman–Crippen MR) is 74.9 cm³/mol. The summed E-state index contributed by atoms with van der Waals surface area (Å²) in [6.45, 7) is 11.8. The van der Waals surface area contributed by atoms with E-state index in [-0.39, 0.29) is 27.2 Å². The van der Waals surface area contributed by atoms with E-state index in [1.165, 1.54) is 0 Å². The molecule has 0 bridgehead atoms. The van der Waals surface area contributed by atoms with Crippen LogP contribution in [0.2, 0.25) is 0 Å². The van der Waals surface area contributed by atoms with Gasteiger partial charge in [-0.2, -0.15) is 0 Å². The van der Waals surface area contributed by atoms with E-state index in [1.54, 1.807) is 0 Å². The molecule has 0 atom stereocenters. The third-order valence-corrected chi connectivity index (χ3v) is 0.698. The van der Waals surface area contributed by atoms with E-state index in [2.05, 4.69) is 26.3 Å². The van der Waals surface area contributed by atoms with Gasteiger partial charge in [0.1, 0.15) is 0 Å². The van der Waals surface area contributed by atoms with Gasteiger partial charge >= 0.3 is 23.9 Å². The Bertz CT molecular complexity index is 303. The van der Waals surface area contributed by atoms with Gasteiger partial charge in [0.15, 0.2) is 0 Å². The number of hydrogen-bond acceptors (Lipinski definition) is 4. The number of carboxylic acids is 4. The van der Waals surface area contributed by atoms with Crippen LogP contribution in [0.15, 0.2) is 50.6 Å². The fraction of sp³-hybridized carbons (Fsp3) is 0. The van der Waals surface area contributed by atoms with E-state index in [0.29, 0.717) is 0 Å². The van der Waals surface area contributed by atoms with Gasteiger partial charge in [0.05, 0.1) is 0 Å². The van der Waals surface area contributed by atoms with Crippen molar-refractivity contribution in [2.75, 3.05) is 0 Å². The molecule has 6 N–H and O–H groups in total. The number of rotatable bonds is 4. The van der Waals surface area contributed by atoms with Crippen LogP contribution in [0.1, 0.15) is 0 Å². The summed E-state index contributed by atoms with van der Waals surface area (Å²) in [5.41, 5.74) is 0. The van der Waals surface area contributed by atoms with E-state index in [0.717, 1.165) is 24.3 Å². The predicted octanol–water partition coefficient (Wildman–Crippen LogP) is 0.201. The third kappa shape index (κ3) is 157. The fourth-order valence-corrected chi connectivity index (χ4v) is 0. The maximum absolute atomic E-state index is 9.25. The maximum Gasteiger partial charge on any atom is 0.327 e. The van der Waals surface area contributed by atoms with Crippen molar-refractivity contribution in [3.8, 4) is 0 Å². The number of carbonyl (C=O) groups is 4. The molecule has 0 aromatic rings. The summed E-state index contributed by atoms with van der Waals surface area (Å²) in [4.78, 5) is 37.0. The summed E-state index contributed by atoms with van der Waals surface area (Å²) in [5.74, 6) is -3.93. The Morgan fingerprint density at radius 2 is 0.591 bits per heavy atom. The summed E-state index contributed by atoms with van der Waals surface area (Å²) in [6, 6.07) is 0. The Labute approximate surface area is 141 Å². The smallest absolute Gasteiger partial charge is 0.327 e. The molecular weight excluding hydrogens is 336 g/mol. The standard InChI is InChI=1S/4C3H4O2.H2O.Ti/c4*1-2-3(4)5;;/h4*2H,1H2,(H,4,5);1H2;. The van der Waals surface area contributed by atoms with Crippen molar-refractivity contribution >= 4 is 23.9 Å². The molecule has 0 saturated carbocycles. The first-order valence-corrected chi connectivity index (χ1v) is 4.50. The van der Waals surface area contributed by atoms with Gasteiger partial charge in [-0.15, -0.1) is 0 Å². The Morgan fingerprint density at radius 3 is 0.591 bits per heavy atom. The van der Waals surface area contributed by atoms with Gasteiger partial charge in [0, 0.05) is 46.0 Å². The van der Waals surface area contributed by atoms with Crippen molar-refractivity contribution in [2.45, 2.75) is 0 Å². The van der Waals surface area contributed by atoms with E-state index in [9.17, 15) is 19.2 Å². The van der Waals surface area contributed by atoms with E-state index < -0.39 is 23.9 Å². The van der Waals surface area contributed by atoms with Crippen molar-refractivity contribution in [3.05, 3.63) is 50.6 Å². The largest absolute Gasteiger partial charge is 0.478 e. The zero-order valence-electron chi connectivity index (χ0n) is 11.6. The van der Waals surface area contributed by atoms with Crippen LogP contribution in [-0.2, 0) is 40.9 Å². The van der Waals surface area contributed by atoms with Crippen LogP contribution in [0.3, 0.4) is 0 Å². The molecule has 124 valence electrons. The van der Waals surface area contributed by atoms with Crippen LogP contribution >= 0.6 is 0 Å². The first-order valence-electron chi connectivity index (χ1n) is 4.50. The normalized spacial score (nSPS) is 5.82. The maximum atomic E-state index is 9.25. The first kappa shape index (κ1) is 36.6. The molecule has 0 radical (unpaired) electrons. The molecule has 0 rings (SSSR count). The van der Waals surface area contributed by atoms with Gasteiger partial charge in [-0.3, -0.25) is 0 Å². The topological polar surface area (TPSA) is 181 Å². The van der Waals surface area contributed by atoms with Gasteiger partial charge in [0.2, 0.25) is 0 Å². The molecule has 0 heterocycles. The molecule has 10 heteroatoms. The molecular formula is C12H18O9Ti. The minimum atomic E-state index is -0.981. The van der Waals surface area contributed by atoms with E-state index in [4.69, 9.17) is 20.4 Å². The Kier molecular flexibility index (Phi) is 51.8. The average Bonchev–Trinajstić information content (AvgIpc) is 2.40. The van der Waals surface area contributed by atoms with Crippen molar-refractivity contribution in [1.29, 1.82) is 0 Å². The number of hydrogen-bond donors (Lipinski definition) is 4. The second-order valence-electron chi connectivity index (χ2n) is 2.17. The Hall–Kier alpha value is -2.49. The quantitative estimate of drug-likeness (QED) is 0.408. The van der Waals surface area contributed by atoms with Crippen LogP contribution in [0.25, 0.3) is 0 Å². The molecule has 0 aromatic heterocycles. The molecule has 0 aliphatic rings. The Morgan fingerprint density at radius 1 is 0.545 bits per heavy atom.